The third kappa shape index (κ3) is 3.55. The van der Waals surface area contributed by atoms with Gasteiger partial charge in [-0.05, 0) is 42.0 Å². The summed E-state index contributed by atoms with van der Waals surface area (Å²) in [4.78, 5) is 16.7. The van der Waals surface area contributed by atoms with Gasteiger partial charge in [-0.2, -0.15) is 5.10 Å². The molecule has 0 atom stereocenters. The number of fused-ring (bicyclic) bond motifs is 1. The molecular formula is C17H17ClN4O2. The van der Waals surface area contributed by atoms with Gasteiger partial charge in [0.2, 0.25) is 5.95 Å². The number of rotatable bonds is 4. The van der Waals surface area contributed by atoms with Crippen molar-refractivity contribution in [2.45, 2.75) is 0 Å². The van der Waals surface area contributed by atoms with Crippen LogP contribution in [0.2, 0.25) is 0 Å². The third-order valence-electron chi connectivity index (χ3n) is 3.48. The molecule has 0 radical (unpaired) electrons. The van der Waals surface area contributed by atoms with Crippen molar-refractivity contribution in [2.24, 2.45) is 12.1 Å². The van der Waals surface area contributed by atoms with Crippen LogP contribution in [-0.2, 0) is 7.05 Å². The molecule has 1 heterocycles. The first-order chi connectivity index (χ1) is 11.2. The number of hydrogen-bond acceptors (Lipinski definition) is 5. The van der Waals surface area contributed by atoms with E-state index in [9.17, 15) is 4.79 Å². The predicted molar refractivity (Wildman–Crippen MR) is 98.4 cm³/mol. The fourth-order valence-electron chi connectivity index (χ4n) is 2.17. The fraction of sp³-hybridized carbons (Fsp3) is 0.118. The van der Waals surface area contributed by atoms with Crippen LogP contribution in [0.25, 0.3) is 10.9 Å². The molecule has 1 N–H and O–H groups in total. The van der Waals surface area contributed by atoms with E-state index in [4.69, 9.17) is 4.74 Å². The van der Waals surface area contributed by atoms with Gasteiger partial charge < -0.3 is 4.74 Å². The average Bonchev–Trinajstić information content (AvgIpc) is 2.60. The van der Waals surface area contributed by atoms with Gasteiger partial charge in [-0.1, -0.05) is 12.1 Å². The number of nitrogens with zero attached hydrogens (tertiary/aromatic N) is 3. The molecule has 3 rings (SSSR count). The van der Waals surface area contributed by atoms with Crippen molar-refractivity contribution in [3.63, 3.8) is 0 Å². The number of aromatic nitrogens is 2. The number of anilines is 1. The Morgan fingerprint density at radius 2 is 1.88 bits per heavy atom. The molecule has 1 aromatic heterocycles. The predicted octanol–water partition coefficient (Wildman–Crippen LogP) is 2.81. The number of methoxy groups -OCH3 is 1. The van der Waals surface area contributed by atoms with Crippen molar-refractivity contribution >= 4 is 35.5 Å². The maximum absolute atomic E-state index is 12.3. The topological polar surface area (TPSA) is 68.5 Å². The van der Waals surface area contributed by atoms with Crippen LogP contribution in [-0.4, -0.2) is 22.9 Å². The Morgan fingerprint density at radius 3 is 2.58 bits per heavy atom. The number of para-hydroxylation sites is 1. The molecule has 0 bridgehead atoms. The lowest BCUT2D eigenvalue weighted by Gasteiger charge is -2.07. The van der Waals surface area contributed by atoms with Crippen molar-refractivity contribution in [3.05, 3.63) is 64.4 Å². The standard InChI is InChI=1S/C17H16N4O2.ClH/c1-21-16(22)14-5-3-4-6-15(14)19-17(21)20-18-11-12-7-9-13(23-2)10-8-12;/h3-11H,1-2H3,(H,19,20);1H/b18-11+;. The van der Waals surface area contributed by atoms with Crippen LogP contribution < -0.4 is 15.7 Å². The molecule has 0 aliphatic rings. The molecule has 0 aliphatic heterocycles. The van der Waals surface area contributed by atoms with Gasteiger partial charge in [0.05, 0.1) is 24.2 Å². The van der Waals surface area contributed by atoms with Crippen molar-refractivity contribution in [2.75, 3.05) is 12.5 Å². The van der Waals surface area contributed by atoms with Gasteiger partial charge in [0.1, 0.15) is 5.75 Å². The minimum absolute atomic E-state index is 0. The Kier molecular flexibility index (Phi) is 5.55. The van der Waals surface area contributed by atoms with E-state index in [-0.39, 0.29) is 18.0 Å². The van der Waals surface area contributed by atoms with Crippen LogP contribution in [0.15, 0.2) is 58.4 Å². The zero-order valence-corrected chi connectivity index (χ0v) is 14.1. The van der Waals surface area contributed by atoms with Crippen LogP contribution in [0.1, 0.15) is 5.56 Å². The second-order valence-corrected chi connectivity index (χ2v) is 4.96. The maximum atomic E-state index is 12.3. The molecule has 0 saturated carbocycles. The van der Waals surface area contributed by atoms with Crippen molar-refractivity contribution < 1.29 is 4.74 Å². The SMILES string of the molecule is COc1ccc(/C=N/Nc2nc3ccccc3c(=O)n2C)cc1.Cl. The summed E-state index contributed by atoms with van der Waals surface area (Å²) in [6.07, 6.45) is 1.65. The molecule has 124 valence electrons. The van der Waals surface area contributed by atoms with Crippen LogP contribution in [0.4, 0.5) is 5.95 Å². The van der Waals surface area contributed by atoms with Gasteiger partial charge in [0, 0.05) is 7.05 Å². The van der Waals surface area contributed by atoms with E-state index >= 15 is 0 Å². The normalized spacial score (nSPS) is 10.6. The lowest BCUT2D eigenvalue weighted by Crippen LogP contribution is -2.21. The summed E-state index contributed by atoms with van der Waals surface area (Å²) < 4.78 is 6.54. The van der Waals surface area contributed by atoms with E-state index in [1.165, 1.54) is 4.57 Å². The number of ether oxygens (including phenoxy) is 1. The lowest BCUT2D eigenvalue weighted by molar-refractivity contribution is 0.415. The number of benzene rings is 2. The summed E-state index contributed by atoms with van der Waals surface area (Å²) in [7, 11) is 3.28. The molecule has 2 aromatic carbocycles. The van der Waals surface area contributed by atoms with Gasteiger partial charge >= 0.3 is 0 Å². The number of nitrogens with one attached hydrogen (secondary N) is 1. The van der Waals surface area contributed by atoms with Crippen molar-refractivity contribution in [1.29, 1.82) is 0 Å². The Bertz CT molecular complexity index is 920. The summed E-state index contributed by atoms with van der Waals surface area (Å²) in [5.41, 5.74) is 4.24. The minimum atomic E-state index is -0.113. The molecule has 0 aliphatic carbocycles. The number of hydrogen-bond donors (Lipinski definition) is 1. The van der Waals surface area contributed by atoms with E-state index in [1.807, 2.05) is 36.4 Å². The number of hydrazone groups is 1. The molecule has 0 spiro atoms. The highest BCUT2D eigenvalue weighted by Gasteiger charge is 2.06. The molecule has 0 saturated heterocycles. The van der Waals surface area contributed by atoms with Crippen molar-refractivity contribution in [1.82, 2.24) is 9.55 Å². The first-order valence-corrected chi connectivity index (χ1v) is 7.08. The summed E-state index contributed by atoms with van der Waals surface area (Å²) in [5.74, 6) is 1.17. The highest BCUT2D eigenvalue weighted by atomic mass is 35.5. The molecule has 3 aromatic rings. The van der Waals surface area contributed by atoms with Gasteiger partial charge in [0.15, 0.2) is 0 Å². The molecule has 6 nitrogen and oxygen atoms in total. The molecule has 0 amide bonds. The zero-order chi connectivity index (χ0) is 16.2. The smallest absolute Gasteiger partial charge is 0.262 e. The Labute approximate surface area is 145 Å². The van der Waals surface area contributed by atoms with E-state index in [2.05, 4.69) is 15.5 Å². The molecule has 0 fully saturated rings. The summed E-state index contributed by atoms with van der Waals surface area (Å²) >= 11 is 0. The maximum Gasteiger partial charge on any atom is 0.262 e. The van der Waals surface area contributed by atoms with Crippen LogP contribution in [0.5, 0.6) is 5.75 Å². The Balaban J connectivity index is 0.00000208. The van der Waals surface area contributed by atoms with E-state index in [1.54, 1.807) is 32.5 Å². The molecular weight excluding hydrogens is 328 g/mol. The van der Waals surface area contributed by atoms with E-state index in [0.29, 0.717) is 16.9 Å². The average molecular weight is 345 g/mol. The summed E-state index contributed by atoms with van der Waals surface area (Å²) in [5, 5.41) is 4.72. The van der Waals surface area contributed by atoms with E-state index in [0.717, 1.165) is 11.3 Å². The van der Waals surface area contributed by atoms with Crippen LogP contribution >= 0.6 is 12.4 Å². The van der Waals surface area contributed by atoms with Gasteiger partial charge in [-0.25, -0.2) is 10.4 Å². The second-order valence-electron chi connectivity index (χ2n) is 4.96. The highest BCUT2D eigenvalue weighted by molar-refractivity contribution is 5.85. The quantitative estimate of drug-likeness (QED) is 0.583. The zero-order valence-electron chi connectivity index (χ0n) is 13.3. The van der Waals surface area contributed by atoms with Gasteiger partial charge in [-0.15, -0.1) is 12.4 Å². The van der Waals surface area contributed by atoms with Gasteiger partial charge in [-0.3, -0.25) is 9.36 Å². The summed E-state index contributed by atoms with van der Waals surface area (Å²) in [6, 6.07) is 14.7. The largest absolute Gasteiger partial charge is 0.497 e. The molecule has 24 heavy (non-hydrogen) atoms. The third-order valence-corrected chi connectivity index (χ3v) is 3.48. The van der Waals surface area contributed by atoms with Crippen LogP contribution in [0, 0.1) is 0 Å². The Hall–Kier alpha value is -2.86. The Morgan fingerprint density at radius 1 is 1.17 bits per heavy atom. The second kappa shape index (κ2) is 7.61. The number of halogens is 1. The first-order valence-electron chi connectivity index (χ1n) is 7.08. The monoisotopic (exact) mass is 344 g/mol. The first kappa shape index (κ1) is 17.5. The fourth-order valence-corrected chi connectivity index (χ4v) is 2.17. The highest BCUT2D eigenvalue weighted by Crippen LogP contribution is 2.11. The van der Waals surface area contributed by atoms with Crippen LogP contribution in [0.3, 0.4) is 0 Å². The summed E-state index contributed by atoms with van der Waals surface area (Å²) in [6.45, 7) is 0. The van der Waals surface area contributed by atoms with Crippen molar-refractivity contribution in [3.8, 4) is 5.75 Å². The van der Waals surface area contributed by atoms with E-state index < -0.39 is 0 Å². The lowest BCUT2D eigenvalue weighted by atomic mass is 10.2. The minimum Gasteiger partial charge on any atom is -0.497 e. The molecule has 0 unspecified atom stereocenters. The van der Waals surface area contributed by atoms with Gasteiger partial charge in [0.25, 0.3) is 5.56 Å². The molecule has 7 heteroatoms.